The molecule has 0 fully saturated rings. The van der Waals surface area contributed by atoms with Crippen molar-refractivity contribution in [3.63, 3.8) is 0 Å². The zero-order chi connectivity index (χ0) is 26.7. The Morgan fingerprint density at radius 2 is 0.944 bits per heavy atom. The molecule has 0 aliphatic rings. The van der Waals surface area contributed by atoms with E-state index >= 15 is 0 Å². The van der Waals surface area contributed by atoms with Gasteiger partial charge in [-0.05, 0) is 12.8 Å². The average molecular weight is 514 g/mol. The van der Waals surface area contributed by atoms with Gasteiger partial charge in [0, 0.05) is 0 Å². The van der Waals surface area contributed by atoms with Crippen molar-refractivity contribution in [3.8, 4) is 0 Å². The average Bonchev–Trinajstić information content (AvgIpc) is 2.86. The van der Waals surface area contributed by atoms with Crippen molar-refractivity contribution >= 4 is 5.91 Å². The van der Waals surface area contributed by atoms with Crippen molar-refractivity contribution < 1.29 is 20.1 Å². The van der Waals surface area contributed by atoms with E-state index in [4.69, 9.17) is 0 Å². The summed E-state index contributed by atoms with van der Waals surface area (Å²) >= 11 is 0. The van der Waals surface area contributed by atoms with Gasteiger partial charge in [-0.1, -0.05) is 149 Å². The van der Waals surface area contributed by atoms with Crippen molar-refractivity contribution in [1.29, 1.82) is 0 Å². The molecule has 0 aromatic rings. The summed E-state index contributed by atoms with van der Waals surface area (Å²) in [7, 11) is 0. The lowest BCUT2D eigenvalue weighted by Crippen LogP contribution is -2.46. The van der Waals surface area contributed by atoms with Gasteiger partial charge in [-0.3, -0.25) is 4.79 Å². The lowest BCUT2D eigenvalue weighted by Gasteiger charge is -2.23. The third kappa shape index (κ3) is 23.7. The fourth-order valence-electron chi connectivity index (χ4n) is 4.93. The molecule has 5 heteroatoms. The molecule has 4 N–H and O–H groups in total. The van der Waals surface area contributed by atoms with Gasteiger partial charge in [-0.15, -0.1) is 0 Å². The maximum Gasteiger partial charge on any atom is 0.222 e. The van der Waals surface area contributed by atoms with Gasteiger partial charge in [0.1, 0.15) is 0 Å². The predicted octanol–water partition coefficient (Wildman–Crippen LogP) is 7.59. The Morgan fingerprint density at radius 1 is 0.583 bits per heavy atom. The summed E-state index contributed by atoms with van der Waals surface area (Å²) in [5.74, 6) is -0.286. The van der Waals surface area contributed by atoms with Crippen LogP contribution in [0.15, 0.2) is 0 Å². The highest BCUT2D eigenvalue weighted by molar-refractivity contribution is 5.76. The van der Waals surface area contributed by atoms with Gasteiger partial charge in [0.2, 0.25) is 5.91 Å². The molecule has 3 atom stereocenters. The van der Waals surface area contributed by atoms with E-state index in [1.54, 1.807) is 0 Å². The second-order valence-electron chi connectivity index (χ2n) is 11.1. The number of hydrogen-bond donors (Lipinski definition) is 4. The normalized spacial score (nSPS) is 14.0. The Balaban J connectivity index is 3.72. The molecule has 216 valence electrons. The number of unbranched alkanes of at least 4 members (excludes halogenated alkanes) is 19. The lowest BCUT2D eigenvalue weighted by molar-refractivity contribution is -0.125. The standard InChI is InChI=1S/C31H63NO4/c1-3-5-7-9-11-13-14-15-17-19-21-23-25-30(35)29(27-33)32-31(36)26-28(34)24-22-20-18-16-12-10-8-6-4-2/h28-30,33-35H,3-27H2,1-2H3,(H,32,36). The maximum absolute atomic E-state index is 12.3. The van der Waals surface area contributed by atoms with Crippen LogP contribution in [0.3, 0.4) is 0 Å². The Morgan fingerprint density at radius 3 is 1.33 bits per heavy atom. The van der Waals surface area contributed by atoms with Gasteiger partial charge in [0.05, 0.1) is 31.3 Å². The van der Waals surface area contributed by atoms with Gasteiger partial charge in [0.15, 0.2) is 0 Å². The first kappa shape index (κ1) is 35.4. The van der Waals surface area contributed by atoms with E-state index in [1.165, 1.54) is 109 Å². The highest BCUT2D eigenvalue weighted by atomic mass is 16.3. The van der Waals surface area contributed by atoms with Gasteiger partial charge in [0.25, 0.3) is 0 Å². The first-order chi connectivity index (χ1) is 17.5. The summed E-state index contributed by atoms with van der Waals surface area (Å²) in [6.45, 7) is 4.21. The van der Waals surface area contributed by atoms with E-state index < -0.39 is 18.2 Å². The van der Waals surface area contributed by atoms with Crippen molar-refractivity contribution in [2.75, 3.05) is 6.61 Å². The summed E-state index contributed by atoms with van der Waals surface area (Å²) in [5.41, 5.74) is 0. The summed E-state index contributed by atoms with van der Waals surface area (Å²) in [6.07, 6.45) is 26.2. The number of aliphatic hydroxyl groups is 3. The quantitative estimate of drug-likeness (QED) is 0.0811. The fraction of sp³-hybridized carbons (Fsp3) is 0.968. The maximum atomic E-state index is 12.3. The van der Waals surface area contributed by atoms with Gasteiger partial charge < -0.3 is 20.6 Å². The minimum atomic E-state index is -0.739. The second kappa shape index (κ2) is 27.4. The van der Waals surface area contributed by atoms with E-state index in [1.807, 2.05) is 0 Å². The summed E-state index contributed by atoms with van der Waals surface area (Å²) in [4.78, 5) is 12.3. The molecule has 3 unspecified atom stereocenters. The number of rotatable bonds is 28. The van der Waals surface area contributed by atoms with E-state index in [9.17, 15) is 20.1 Å². The Labute approximate surface area is 224 Å². The smallest absolute Gasteiger partial charge is 0.222 e. The van der Waals surface area contributed by atoms with Crippen molar-refractivity contribution in [1.82, 2.24) is 5.32 Å². The van der Waals surface area contributed by atoms with Crippen LogP contribution in [0, 0.1) is 0 Å². The van der Waals surface area contributed by atoms with E-state index in [-0.39, 0.29) is 18.9 Å². The molecular formula is C31H63NO4. The highest BCUT2D eigenvalue weighted by Crippen LogP contribution is 2.15. The molecule has 0 aromatic carbocycles. The number of nitrogens with one attached hydrogen (secondary N) is 1. The van der Waals surface area contributed by atoms with Crippen molar-refractivity contribution in [3.05, 3.63) is 0 Å². The Bertz CT molecular complexity index is 460. The molecule has 0 saturated heterocycles. The van der Waals surface area contributed by atoms with Gasteiger partial charge >= 0.3 is 0 Å². The number of hydrogen-bond acceptors (Lipinski definition) is 4. The van der Waals surface area contributed by atoms with Crippen LogP contribution in [-0.4, -0.2) is 46.1 Å². The van der Waals surface area contributed by atoms with Crippen LogP contribution in [-0.2, 0) is 4.79 Å². The van der Waals surface area contributed by atoms with E-state index in [0.29, 0.717) is 12.8 Å². The monoisotopic (exact) mass is 513 g/mol. The summed E-state index contributed by atoms with van der Waals surface area (Å²) in [6, 6.07) is -0.648. The third-order valence-corrected chi connectivity index (χ3v) is 7.42. The molecule has 0 rings (SSSR count). The molecule has 0 aromatic heterocycles. The third-order valence-electron chi connectivity index (χ3n) is 7.42. The van der Waals surface area contributed by atoms with Crippen LogP contribution >= 0.6 is 0 Å². The molecule has 5 nitrogen and oxygen atoms in total. The van der Waals surface area contributed by atoms with Crippen LogP contribution in [0.1, 0.15) is 168 Å². The summed E-state index contributed by atoms with van der Waals surface area (Å²) in [5, 5.41) is 32.9. The van der Waals surface area contributed by atoms with Gasteiger partial charge in [-0.25, -0.2) is 0 Å². The minimum absolute atomic E-state index is 0.0405. The van der Waals surface area contributed by atoms with Crippen LogP contribution in [0.4, 0.5) is 0 Å². The molecule has 0 heterocycles. The first-order valence-corrected chi connectivity index (χ1v) is 15.8. The molecule has 0 bridgehead atoms. The van der Waals surface area contributed by atoms with E-state index in [0.717, 1.165) is 25.7 Å². The zero-order valence-electron chi connectivity index (χ0n) is 24.2. The molecule has 1 amide bonds. The molecule has 0 saturated carbocycles. The van der Waals surface area contributed by atoms with Crippen molar-refractivity contribution in [2.45, 2.75) is 186 Å². The second-order valence-corrected chi connectivity index (χ2v) is 11.1. The van der Waals surface area contributed by atoms with Crippen LogP contribution in [0.5, 0.6) is 0 Å². The number of amides is 1. The molecular weight excluding hydrogens is 450 g/mol. The highest BCUT2D eigenvalue weighted by Gasteiger charge is 2.21. The SMILES string of the molecule is CCCCCCCCCCCCCCC(O)C(CO)NC(=O)CC(O)CCCCCCCCCCC. The zero-order valence-corrected chi connectivity index (χ0v) is 24.2. The number of aliphatic hydroxyl groups excluding tert-OH is 3. The van der Waals surface area contributed by atoms with E-state index in [2.05, 4.69) is 19.2 Å². The Hall–Kier alpha value is -0.650. The molecule has 0 aliphatic heterocycles. The van der Waals surface area contributed by atoms with Crippen LogP contribution < -0.4 is 5.32 Å². The molecule has 0 radical (unpaired) electrons. The van der Waals surface area contributed by atoms with Crippen LogP contribution in [0.25, 0.3) is 0 Å². The Kier molecular flexibility index (Phi) is 26.9. The molecule has 0 spiro atoms. The van der Waals surface area contributed by atoms with Crippen molar-refractivity contribution in [2.24, 2.45) is 0 Å². The van der Waals surface area contributed by atoms with Crippen LogP contribution in [0.2, 0.25) is 0 Å². The number of carbonyl (C=O) groups excluding carboxylic acids is 1. The molecule has 36 heavy (non-hydrogen) atoms. The molecule has 0 aliphatic carbocycles. The van der Waals surface area contributed by atoms with Gasteiger partial charge in [-0.2, -0.15) is 0 Å². The lowest BCUT2D eigenvalue weighted by atomic mass is 10.0. The topological polar surface area (TPSA) is 89.8 Å². The fourth-order valence-corrected chi connectivity index (χ4v) is 4.93. The summed E-state index contributed by atoms with van der Waals surface area (Å²) < 4.78 is 0. The minimum Gasteiger partial charge on any atom is -0.394 e. The predicted molar refractivity (Wildman–Crippen MR) is 153 cm³/mol. The largest absolute Gasteiger partial charge is 0.394 e. The number of carbonyl (C=O) groups is 1. The first-order valence-electron chi connectivity index (χ1n) is 15.8.